The molecule has 0 bridgehead atoms. The fourth-order valence-corrected chi connectivity index (χ4v) is 3.32. The van der Waals surface area contributed by atoms with Gasteiger partial charge in [0.2, 0.25) is 0 Å². The van der Waals surface area contributed by atoms with Crippen LogP contribution in [0.3, 0.4) is 0 Å². The van der Waals surface area contributed by atoms with Crippen molar-refractivity contribution in [1.82, 2.24) is 4.90 Å². The Hall–Kier alpha value is -2.44. The highest BCUT2D eigenvalue weighted by Gasteiger charge is 2.29. The van der Waals surface area contributed by atoms with E-state index in [9.17, 15) is 9.59 Å². The molecule has 2 rings (SSSR count). The molecule has 1 fully saturated rings. The minimum Gasteiger partial charge on any atom is -0.446 e. The Bertz CT molecular complexity index is 719. The molecule has 0 unspecified atom stereocenters. The van der Waals surface area contributed by atoms with Gasteiger partial charge in [0.25, 0.3) is 0 Å². The van der Waals surface area contributed by atoms with Crippen LogP contribution in [-0.2, 0) is 9.47 Å². The van der Waals surface area contributed by atoms with Gasteiger partial charge < -0.3 is 19.3 Å². The molecule has 1 heterocycles. The molecular formula is C23H37N3O4. The Labute approximate surface area is 180 Å². The summed E-state index contributed by atoms with van der Waals surface area (Å²) in [6.07, 6.45) is -0.799. The lowest BCUT2D eigenvalue weighted by atomic mass is 10.1. The van der Waals surface area contributed by atoms with Crippen molar-refractivity contribution in [2.75, 3.05) is 42.5 Å². The number of hydrogen-bond acceptors (Lipinski definition) is 5. The maximum atomic E-state index is 12.8. The third-order valence-corrected chi connectivity index (χ3v) is 4.55. The monoisotopic (exact) mass is 419 g/mol. The molecule has 1 aliphatic heterocycles. The van der Waals surface area contributed by atoms with Crippen molar-refractivity contribution in [3.63, 3.8) is 0 Å². The number of hydrogen-bond donors (Lipinski definition) is 0. The van der Waals surface area contributed by atoms with E-state index in [1.165, 1.54) is 0 Å². The molecule has 7 heteroatoms. The number of nitrogens with zero attached hydrogens (tertiary/aromatic N) is 3. The van der Waals surface area contributed by atoms with Crippen molar-refractivity contribution < 1.29 is 19.1 Å². The quantitative estimate of drug-likeness (QED) is 0.689. The Morgan fingerprint density at radius 2 is 1.63 bits per heavy atom. The van der Waals surface area contributed by atoms with Gasteiger partial charge in [0.1, 0.15) is 5.60 Å². The third-order valence-electron chi connectivity index (χ3n) is 4.55. The van der Waals surface area contributed by atoms with Crippen LogP contribution in [0.1, 0.15) is 48.5 Å². The number of anilines is 2. The molecule has 0 N–H and O–H groups in total. The second-order valence-electron chi connectivity index (χ2n) is 9.38. The van der Waals surface area contributed by atoms with E-state index in [-0.39, 0.29) is 18.3 Å². The van der Waals surface area contributed by atoms with Crippen LogP contribution in [0, 0.1) is 5.92 Å². The van der Waals surface area contributed by atoms with Gasteiger partial charge >= 0.3 is 12.2 Å². The summed E-state index contributed by atoms with van der Waals surface area (Å²) in [7, 11) is 0. The highest BCUT2D eigenvalue weighted by Crippen LogP contribution is 2.31. The fourth-order valence-electron chi connectivity index (χ4n) is 3.32. The molecule has 1 aliphatic rings. The van der Waals surface area contributed by atoms with E-state index in [1.807, 2.05) is 58.9 Å². The molecule has 1 aromatic carbocycles. The topological polar surface area (TPSA) is 62.3 Å². The average molecular weight is 420 g/mol. The van der Waals surface area contributed by atoms with Crippen LogP contribution >= 0.6 is 0 Å². The molecule has 7 nitrogen and oxygen atoms in total. The van der Waals surface area contributed by atoms with E-state index in [2.05, 4.69) is 18.7 Å². The molecule has 0 aromatic heterocycles. The molecule has 0 radical (unpaired) electrons. The zero-order chi connectivity index (χ0) is 22.5. The van der Waals surface area contributed by atoms with Gasteiger partial charge in [0.05, 0.1) is 17.5 Å². The first-order valence-electron chi connectivity index (χ1n) is 10.8. The number of carbonyl (C=O) groups is 2. The van der Waals surface area contributed by atoms with E-state index in [0.717, 1.165) is 11.4 Å². The smallest absolute Gasteiger partial charge is 0.414 e. The summed E-state index contributed by atoms with van der Waals surface area (Å²) in [6.45, 7) is 16.5. The van der Waals surface area contributed by atoms with E-state index in [1.54, 1.807) is 9.80 Å². The van der Waals surface area contributed by atoms with Crippen molar-refractivity contribution >= 4 is 23.6 Å². The van der Waals surface area contributed by atoms with Crippen LogP contribution in [0.25, 0.3) is 0 Å². The zero-order valence-corrected chi connectivity index (χ0v) is 19.5. The average Bonchev–Trinajstić information content (AvgIpc) is 2.64. The zero-order valence-electron chi connectivity index (χ0n) is 19.5. The summed E-state index contributed by atoms with van der Waals surface area (Å²) >= 11 is 0. The van der Waals surface area contributed by atoms with Gasteiger partial charge in [-0.05, 0) is 52.7 Å². The highest BCUT2D eigenvalue weighted by atomic mass is 16.6. The lowest BCUT2D eigenvalue weighted by molar-refractivity contribution is 0.0240. The normalized spacial score (nSPS) is 14.8. The van der Waals surface area contributed by atoms with Crippen LogP contribution in [0.5, 0.6) is 0 Å². The molecule has 168 valence electrons. The van der Waals surface area contributed by atoms with Gasteiger partial charge in [-0.1, -0.05) is 26.0 Å². The van der Waals surface area contributed by atoms with Crippen LogP contribution in [-0.4, -0.2) is 61.5 Å². The fraction of sp³-hybridized carbons (Fsp3) is 0.652. The first-order chi connectivity index (χ1) is 14.0. The predicted molar refractivity (Wildman–Crippen MR) is 120 cm³/mol. The predicted octanol–water partition coefficient (Wildman–Crippen LogP) is 4.75. The summed E-state index contributed by atoms with van der Waals surface area (Å²) in [5, 5.41) is 0. The number of ether oxygens (including phenoxy) is 2. The summed E-state index contributed by atoms with van der Waals surface area (Å²) in [5.74, 6) is 0.293. The number of benzene rings is 1. The molecule has 1 saturated heterocycles. The molecule has 30 heavy (non-hydrogen) atoms. The van der Waals surface area contributed by atoms with Crippen LogP contribution in [0.4, 0.5) is 21.0 Å². The molecule has 0 spiro atoms. The summed E-state index contributed by atoms with van der Waals surface area (Å²) in [5.41, 5.74) is 1.31. The SMILES string of the molecule is CC(C)CN(C(=O)OC(C)C)c1ccccc1N1CCN(C(=O)OC(C)(C)C)CC1. The molecule has 0 atom stereocenters. The van der Waals surface area contributed by atoms with E-state index < -0.39 is 5.60 Å². The van der Waals surface area contributed by atoms with Gasteiger partial charge in [-0.15, -0.1) is 0 Å². The molecule has 0 aliphatic carbocycles. The third kappa shape index (κ3) is 6.82. The molecule has 1 aromatic rings. The molecule has 2 amide bonds. The van der Waals surface area contributed by atoms with Crippen LogP contribution in [0.15, 0.2) is 24.3 Å². The van der Waals surface area contributed by atoms with Crippen molar-refractivity contribution in [3.8, 4) is 0 Å². The maximum Gasteiger partial charge on any atom is 0.414 e. The van der Waals surface area contributed by atoms with E-state index in [4.69, 9.17) is 9.47 Å². The van der Waals surface area contributed by atoms with Gasteiger partial charge in [0, 0.05) is 32.7 Å². The number of para-hydroxylation sites is 2. The van der Waals surface area contributed by atoms with Gasteiger partial charge in [-0.2, -0.15) is 0 Å². The Balaban J connectivity index is 2.18. The Kier molecular flexibility index (Phi) is 7.98. The summed E-state index contributed by atoms with van der Waals surface area (Å²) in [6, 6.07) is 7.89. The number of piperazine rings is 1. The van der Waals surface area contributed by atoms with E-state index >= 15 is 0 Å². The van der Waals surface area contributed by atoms with Crippen molar-refractivity contribution in [1.29, 1.82) is 0 Å². The van der Waals surface area contributed by atoms with Crippen LogP contribution in [0.2, 0.25) is 0 Å². The summed E-state index contributed by atoms with van der Waals surface area (Å²) < 4.78 is 11.0. The second kappa shape index (κ2) is 10.0. The maximum absolute atomic E-state index is 12.8. The lowest BCUT2D eigenvalue weighted by Crippen LogP contribution is -2.50. The summed E-state index contributed by atoms with van der Waals surface area (Å²) in [4.78, 5) is 30.9. The molecule has 0 saturated carbocycles. The lowest BCUT2D eigenvalue weighted by Gasteiger charge is -2.38. The largest absolute Gasteiger partial charge is 0.446 e. The number of carbonyl (C=O) groups excluding carboxylic acids is 2. The minimum atomic E-state index is -0.505. The standard InChI is InChI=1S/C23H37N3O4/c1-17(2)16-26(22(28)29-18(3)4)20-11-9-8-10-19(20)24-12-14-25(15-13-24)21(27)30-23(5,6)7/h8-11,17-18H,12-16H2,1-7H3. The van der Waals surface area contributed by atoms with Gasteiger partial charge in [0.15, 0.2) is 0 Å². The Morgan fingerprint density at radius 3 is 2.17 bits per heavy atom. The first kappa shape index (κ1) is 23.8. The minimum absolute atomic E-state index is 0.184. The first-order valence-corrected chi connectivity index (χ1v) is 10.8. The van der Waals surface area contributed by atoms with E-state index in [0.29, 0.717) is 38.6 Å². The van der Waals surface area contributed by atoms with Crippen molar-refractivity contribution in [3.05, 3.63) is 24.3 Å². The van der Waals surface area contributed by atoms with Crippen molar-refractivity contribution in [2.24, 2.45) is 5.92 Å². The Morgan fingerprint density at radius 1 is 1.03 bits per heavy atom. The number of amides is 2. The molecular weight excluding hydrogens is 382 g/mol. The number of rotatable bonds is 5. The van der Waals surface area contributed by atoms with Gasteiger partial charge in [-0.25, -0.2) is 9.59 Å². The van der Waals surface area contributed by atoms with Crippen molar-refractivity contribution in [2.45, 2.75) is 60.2 Å². The van der Waals surface area contributed by atoms with Crippen LogP contribution < -0.4 is 9.80 Å². The highest BCUT2D eigenvalue weighted by molar-refractivity contribution is 5.92. The second-order valence-corrected chi connectivity index (χ2v) is 9.38. The van der Waals surface area contributed by atoms with Gasteiger partial charge in [-0.3, -0.25) is 4.90 Å².